The van der Waals surface area contributed by atoms with Crippen LogP contribution in [0.1, 0.15) is 26.2 Å². The third kappa shape index (κ3) is 1.72. The molecule has 9 heavy (non-hydrogen) atoms. The van der Waals surface area contributed by atoms with Gasteiger partial charge in [-0.05, 0) is 32.1 Å². The molecule has 0 aromatic rings. The highest BCUT2D eigenvalue weighted by Crippen LogP contribution is 2.35. The van der Waals surface area contributed by atoms with Crippen LogP contribution < -0.4 is 0 Å². The molecular formula is C7H13BO. The van der Waals surface area contributed by atoms with Gasteiger partial charge in [0.2, 0.25) is 0 Å². The van der Waals surface area contributed by atoms with Gasteiger partial charge in [0.1, 0.15) is 0 Å². The summed E-state index contributed by atoms with van der Waals surface area (Å²) in [4.78, 5) is 0. The molecule has 0 saturated heterocycles. The first-order valence-corrected chi connectivity index (χ1v) is 3.56. The smallest absolute Gasteiger partial charge is 0.0656 e. The molecule has 1 saturated carbocycles. The molecule has 2 heteroatoms. The summed E-state index contributed by atoms with van der Waals surface area (Å²) in [6, 6.07) is 0. The Balaban J connectivity index is 2.38. The van der Waals surface area contributed by atoms with Crippen molar-refractivity contribution < 1.29 is 5.11 Å². The van der Waals surface area contributed by atoms with Crippen molar-refractivity contribution in [1.29, 1.82) is 0 Å². The fourth-order valence-corrected chi connectivity index (χ4v) is 1.54. The standard InChI is InChI=1S/C7H13BO/c1-7(9)3-2-6(4-7)5-8/h6,9H,2-5H2,1H3. The molecule has 1 rings (SSSR count). The van der Waals surface area contributed by atoms with Crippen LogP contribution in [-0.4, -0.2) is 18.6 Å². The first kappa shape index (κ1) is 7.14. The van der Waals surface area contributed by atoms with Gasteiger partial charge in [0.15, 0.2) is 0 Å². The van der Waals surface area contributed by atoms with E-state index in [9.17, 15) is 5.11 Å². The van der Waals surface area contributed by atoms with Crippen LogP contribution in [0.2, 0.25) is 6.32 Å². The molecule has 0 aromatic carbocycles. The Labute approximate surface area is 57.9 Å². The van der Waals surface area contributed by atoms with Gasteiger partial charge in [0, 0.05) is 0 Å². The van der Waals surface area contributed by atoms with Crippen molar-refractivity contribution >= 4 is 7.85 Å². The Morgan fingerprint density at radius 1 is 1.78 bits per heavy atom. The second kappa shape index (κ2) is 2.33. The molecule has 0 spiro atoms. The lowest BCUT2D eigenvalue weighted by Crippen LogP contribution is -2.18. The Bertz CT molecular complexity index is 101. The lowest BCUT2D eigenvalue weighted by Gasteiger charge is -2.14. The van der Waals surface area contributed by atoms with Crippen LogP contribution in [0.4, 0.5) is 0 Å². The summed E-state index contributed by atoms with van der Waals surface area (Å²) in [5.74, 6) is 0.569. The molecule has 2 unspecified atom stereocenters. The summed E-state index contributed by atoms with van der Waals surface area (Å²) in [5.41, 5.74) is -0.413. The largest absolute Gasteiger partial charge is 0.390 e. The Hall–Kier alpha value is 0.0249. The second-order valence-corrected chi connectivity index (χ2v) is 3.34. The molecular weight excluding hydrogens is 111 g/mol. The number of aliphatic hydroxyl groups is 1. The Morgan fingerprint density at radius 3 is 2.67 bits per heavy atom. The van der Waals surface area contributed by atoms with E-state index in [0.717, 1.165) is 25.6 Å². The summed E-state index contributed by atoms with van der Waals surface area (Å²) in [7, 11) is 5.44. The normalized spacial score (nSPS) is 43.6. The zero-order valence-corrected chi connectivity index (χ0v) is 5.93. The average molecular weight is 124 g/mol. The molecule has 50 valence electrons. The quantitative estimate of drug-likeness (QED) is 0.519. The number of hydrogen-bond donors (Lipinski definition) is 1. The van der Waals surface area contributed by atoms with Crippen molar-refractivity contribution in [2.75, 3.05) is 0 Å². The molecule has 1 aliphatic rings. The fraction of sp³-hybridized carbons (Fsp3) is 1.00. The maximum absolute atomic E-state index is 9.44. The minimum absolute atomic E-state index is 0.413. The second-order valence-electron chi connectivity index (χ2n) is 3.34. The molecule has 2 atom stereocenters. The van der Waals surface area contributed by atoms with E-state index in [2.05, 4.69) is 0 Å². The minimum Gasteiger partial charge on any atom is -0.390 e. The summed E-state index contributed by atoms with van der Waals surface area (Å²) in [5, 5.41) is 9.44. The number of hydrogen-bond acceptors (Lipinski definition) is 1. The lowest BCUT2D eigenvalue weighted by atomic mass is 9.89. The molecule has 1 aliphatic carbocycles. The van der Waals surface area contributed by atoms with E-state index in [1.165, 1.54) is 0 Å². The van der Waals surface area contributed by atoms with Gasteiger partial charge in [0.25, 0.3) is 0 Å². The van der Waals surface area contributed by atoms with Crippen molar-refractivity contribution in [3.63, 3.8) is 0 Å². The van der Waals surface area contributed by atoms with Gasteiger partial charge in [-0.25, -0.2) is 0 Å². The molecule has 1 fully saturated rings. The van der Waals surface area contributed by atoms with Crippen LogP contribution >= 0.6 is 0 Å². The number of rotatable bonds is 1. The molecule has 1 nitrogen and oxygen atoms in total. The predicted molar refractivity (Wildman–Crippen MR) is 38.5 cm³/mol. The van der Waals surface area contributed by atoms with Crippen molar-refractivity contribution in [3.8, 4) is 0 Å². The van der Waals surface area contributed by atoms with Gasteiger partial charge in [-0.15, -0.1) is 0 Å². The molecule has 0 aliphatic heterocycles. The van der Waals surface area contributed by atoms with Crippen LogP contribution in [0.15, 0.2) is 0 Å². The highest BCUT2D eigenvalue weighted by molar-refractivity contribution is 6.08. The van der Waals surface area contributed by atoms with Gasteiger partial charge < -0.3 is 5.11 Å². The molecule has 2 radical (unpaired) electrons. The maximum atomic E-state index is 9.44. The summed E-state index contributed by atoms with van der Waals surface area (Å²) >= 11 is 0. The van der Waals surface area contributed by atoms with Crippen molar-refractivity contribution in [3.05, 3.63) is 0 Å². The van der Waals surface area contributed by atoms with E-state index in [1.54, 1.807) is 0 Å². The predicted octanol–water partition coefficient (Wildman–Crippen LogP) is 1.12. The highest BCUT2D eigenvalue weighted by Gasteiger charge is 2.31. The van der Waals surface area contributed by atoms with Gasteiger partial charge >= 0.3 is 0 Å². The average Bonchev–Trinajstić information content (AvgIpc) is 2.10. The zero-order valence-electron chi connectivity index (χ0n) is 5.93. The lowest BCUT2D eigenvalue weighted by molar-refractivity contribution is 0.0644. The summed E-state index contributed by atoms with van der Waals surface area (Å²) in [6.07, 6.45) is 3.65. The van der Waals surface area contributed by atoms with Crippen molar-refractivity contribution in [2.24, 2.45) is 5.92 Å². The minimum atomic E-state index is -0.413. The van der Waals surface area contributed by atoms with Crippen LogP contribution in [0, 0.1) is 5.92 Å². The van der Waals surface area contributed by atoms with Crippen molar-refractivity contribution in [2.45, 2.75) is 38.1 Å². The van der Waals surface area contributed by atoms with Crippen LogP contribution in [0.5, 0.6) is 0 Å². The molecule has 0 amide bonds. The van der Waals surface area contributed by atoms with E-state index in [-0.39, 0.29) is 0 Å². The highest BCUT2D eigenvalue weighted by atomic mass is 16.3. The maximum Gasteiger partial charge on any atom is 0.0656 e. The molecule has 0 aromatic heterocycles. The van der Waals surface area contributed by atoms with E-state index in [1.807, 2.05) is 6.92 Å². The molecule has 1 N–H and O–H groups in total. The summed E-state index contributed by atoms with van der Waals surface area (Å²) < 4.78 is 0. The van der Waals surface area contributed by atoms with Gasteiger partial charge in [0.05, 0.1) is 13.4 Å². The molecule has 0 bridgehead atoms. The van der Waals surface area contributed by atoms with Crippen LogP contribution in [-0.2, 0) is 0 Å². The van der Waals surface area contributed by atoms with E-state index in [0.29, 0.717) is 5.92 Å². The topological polar surface area (TPSA) is 20.2 Å². The molecule has 0 heterocycles. The fourth-order valence-electron chi connectivity index (χ4n) is 1.54. The third-order valence-electron chi connectivity index (χ3n) is 2.15. The third-order valence-corrected chi connectivity index (χ3v) is 2.15. The summed E-state index contributed by atoms with van der Waals surface area (Å²) in [6.45, 7) is 1.89. The Morgan fingerprint density at radius 2 is 2.44 bits per heavy atom. The first-order chi connectivity index (χ1) is 4.14. The first-order valence-electron chi connectivity index (χ1n) is 3.56. The van der Waals surface area contributed by atoms with Crippen molar-refractivity contribution in [1.82, 2.24) is 0 Å². The van der Waals surface area contributed by atoms with Gasteiger partial charge in [-0.1, -0.05) is 6.32 Å². The van der Waals surface area contributed by atoms with Gasteiger partial charge in [-0.2, -0.15) is 0 Å². The van der Waals surface area contributed by atoms with Crippen LogP contribution in [0.25, 0.3) is 0 Å². The monoisotopic (exact) mass is 124 g/mol. The van der Waals surface area contributed by atoms with Gasteiger partial charge in [-0.3, -0.25) is 0 Å². The van der Waals surface area contributed by atoms with Crippen LogP contribution in [0.3, 0.4) is 0 Å². The SMILES string of the molecule is [B]CC1CCC(C)(O)C1. The zero-order chi connectivity index (χ0) is 6.91. The van der Waals surface area contributed by atoms with E-state index in [4.69, 9.17) is 7.85 Å². The van der Waals surface area contributed by atoms with E-state index >= 15 is 0 Å². The Kier molecular flexibility index (Phi) is 1.85. The van der Waals surface area contributed by atoms with E-state index < -0.39 is 5.60 Å².